The molecule has 0 bridgehead atoms. The van der Waals surface area contributed by atoms with Crippen molar-refractivity contribution in [2.75, 3.05) is 13.2 Å². The van der Waals surface area contributed by atoms with Gasteiger partial charge >= 0.3 is 12.1 Å². The lowest BCUT2D eigenvalue weighted by Crippen LogP contribution is -2.55. The maximum absolute atomic E-state index is 13.0. The van der Waals surface area contributed by atoms with Gasteiger partial charge < -0.3 is 30.5 Å². The van der Waals surface area contributed by atoms with E-state index < -0.39 is 54.7 Å². The number of hydrogen-bond donors (Lipinski definition) is 4. The lowest BCUT2D eigenvalue weighted by molar-refractivity contribution is -0.150. The predicted molar refractivity (Wildman–Crippen MR) is 132 cm³/mol. The summed E-state index contributed by atoms with van der Waals surface area (Å²) in [6, 6.07) is 15.5. The summed E-state index contributed by atoms with van der Waals surface area (Å²) in [7, 11) is 0. The number of carbonyl (C=O) groups excluding carboxylic acids is 4. The summed E-state index contributed by atoms with van der Waals surface area (Å²) < 4.78 is 10.3. The van der Waals surface area contributed by atoms with Gasteiger partial charge in [-0.15, -0.1) is 0 Å². The Labute approximate surface area is 210 Å². The van der Waals surface area contributed by atoms with E-state index in [0.717, 1.165) is 11.1 Å². The zero-order chi connectivity index (χ0) is 26.6. The quantitative estimate of drug-likeness (QED) is 0.343. The van der Waals surface area contributed by atoms with E-state index in [9.17, 15) is 24.3 Å². The molecule has 2 aromatic carbocycles. The second-order valence-electron chi connectivity index (χ2n) is 9.00. The van der Waals surface area contributed by atoms with Crippen LogP contribution in [-0.4, -0.2) is 59.8 Å². The fourth-order valence-corrected chi connectivity index (χ4v) is 3.05. The second-order valence-corrected chi connectivity index (χ2v) is 9.00. The third kappa shape index (κ3) is 10.6. The van der Waals surface area contributed by atoms with E-state index in [2.05, 4.69) is 16.0 Å². The predicted octanol–water partition coefficient (Wildman–Crippen LogP) is 1.46. The first-order valence-electron chi connectivity index (χ1n) is 11.5. The minimum atomic E-state index is -1.32. The van der Waals surface area contributed by atoms with Crippen molar-refractivity contribution in [3.05, 3.63) is 71.8 Å². The molecule has 0 aliphatic carbocycles. The highest BCUT2D eigenvalue weighted by molar-refractivity contribution is 5.92. The van der Waals surface area contributed by atoms with Gasteiger partial charge in [0.15, 0.2) is 6.04 Å². The van der Waals surface area contributed by atoms with Crippen LogP contribution in [0.15, 0.2) is 60.7 Å². The molecule has 0 saturated carbocycles. The molecule has 10 nitrogen and oxygen atoms in total. The smallest absolute Gasteiger partial charge is 0.408 e. The number of esters is 1. The largest absolute Gasteiger partial charge is 0.459 e. The van der Waals surface area contributed by atoms with Crippen molar-refractivity contribution in [2.24, 2.45) is 0 Å². The Kier molecular flexibility index (Phi) is 10.9. The van der Waals surface area contributed by atoms with Crippen LogP contribution in [0.2, 0.25) is 0 Å². The zero-order valence-electron chi connectivity index (χ0n) is 20.7. The summed E-state index contributed by atoms with van der Waals surface area (Å²) in [6.45, 7) is 3.94. The second kappa shape index (κ2) is 13.8. The van der Waals surface area contributed by atoms with Crippen LogP contribution in [0.3, 0.4) is 0 Å². The van der Waals surface area contributed by atoms with Gasteiger partial charge in [-0.05, 0) is 31.9 Å². The molecule has 0 aromatic heterocycles. The number of aliphatic hydroxyl groups excluding tert-OH is 1. The number of hydrogen-bond acceptors (Lipinski definition) is 7. The molecule has 194 valence electrons. The number of rotatable bonds is 11. The van der Waals surface area contributed by atoms with Gasteiger partial charge in [0.1, 0.15) is 24.8 Å². The van der Waals surface area contributed by atoms with Gasteiger partial charge in [0.2, 0.25) is 11.8 Å². The fourth-order valence-electron chi connectivity index (χ4n) is 3.05. The van der Waals surface area contributed by atoms with Crippen LogP contribution >= 0.6 is 0 Å². The Balaban J connectivity index is 2.01. The molecule has 4 N–H and O–H groups in total. The number of amides is 3. The molecule has 0 heterocycles. The number of alkyl carbamates (subject to hydrolysis) is 1. The minimum Gasteiger partial charge on any atom is -0.459 e. The Bertz CT molecular complexity index is 1010. The van der Waals surface area contributed by atoms with Gasteiger partial charge in [-0.1, -0.05) is 60.7 Å². The van der Waals surface area contributed by atoms with Gasteiger partial charge in [-0.3, -0.25) is 9.59 Å². The van der Waals surface area contributed by atoms with Gasteiger partial charge in [-0.2, -0.15) is 0 Å². The Morgan fingerprint density at radius 3 is 2.00 bits per heavy atom. The molecular weight excluding hydrogens is 466 g/mol. The maximum Gasteiger partial charge on any atom is 0.408 e. The van der Waals surface area contributed by atoms with Crippen molar-refractivity contribution >= 4 is 23.9 Å². The summed E-state index contributed by atoms with van der Waals surface area (Å²) >= 11 is 0. The topological polar surface area (TPSA) is 143 Å². The zero-order valence-corrected chi connectivity index (χ0v) is 20.7. The molecule has 0 unspecified atom stereocenters. The summed E-state index contributed by atoms with van der Waals surface area (Å²) in [5, 5.41) is 17.0. The molecular formula is C26H33N3O7. The normalized spacial score (nSPS) is 12.6. The lowest BCUT2D eigenvalue weighted by atomic mass is 10.0. The average molecular weight is 500 g/mol. The number of carbonyl (C=O) groups is 4. The molecule has 3 amide bonds. The van der Waals surface area contributed by atoms with E-state index in [1.165, 1.54) is 0 Å². The summed E-state index contributed by atoms with van der Waals surface area (Å²) in [4.78, 5) is 49.7. The van der Waals surface area contributed by atoms with Crippen LogP contribution in [0.25, 0.3) is 0 Å². The van der Waals surface area contributed by atoms with Gasteiger partial charge in [0, 0.05) is 6.42 Å². The van der Waals surface area contributed by atoms with Crippen molar-refractivity contribution in [1.82, 2.24) is 16.0 Å². The Morgan fingerprint density at radius 2 is 1.44 bits per heavy atom. The fraction of sp³-hybridized carbons (Fsp3) is 0.385. The molecule has 2 aromatic rings. The van der Waals surface area contributed by atoms with Crippen molar-refractivity contribution in [3.8, 4) is 0 Å². The number of ether oxygens (including phenoxy) is 2. The Morgan fingerprint density at radius 1 is 0.861 bits per heavy atom. The first kappa shape index (κ1) is 28.3. The van der Waals surface area contributed by atoms with Crippen LogP contribution < -0.4 is 16.0 Å². The molecule has 0 radical (unpaired) electrons. The number of benzene rings is 2. The SMILES string of the molecule is CC(C)(C)OC(=O)NCC(=O)N[C@@H](Cc1ccccc1)C(=O)N[C@@H](CO)C(=O)OCc1ccccc1. The van der Waals surface area contributed by atoms with Gasteiger partial charge in [-0.25, -0.2) is 9.59 Å². The van der Waals surface area contributed by atoms with E-state index in [1.54, 1.807) is 69.3 Å². The van der Waals surface area contributed by atoms with Crippen LogP contribution in [0, 0.1) is 0 Å². The van der Waals surface area contributed by atoms with Crippen LogP contribution in [0.4, 0.5) is 4.79 Å². The van der Waals surface area contributed by atoms with Crippen LogP contribution in [0.1, 0.15) is 31.9 Å². The lowest BCUT2D eigenvalue weighted by Gasteiger charge is -2.22. The molecule has 2 atom stereocenters. The third-order valence-electron chi connectivity index (χ3n) is 4.73. The van der Waals surface area contributed by atoms with Crippen molar-refractivity contribution in [2.45, 2.75) is 51.5 Å². The van der Waals surface area contributed by atoms with Gasteiger partial charge in [0.05, 0.1) is 6.61 Å². The van der Waals surface area contributed by atoms with E-state index >= 15 is 0 Å². The molecule has 0 saturated heterocycles. The Hall–Kier alpha value is -3.92. The molecule has 36 heavy (non-hydrogen) atoms. The van der Waals surface area contributed by atoms with E-state index in [-0.39, 0.29) is 13.0 Å². The number of aliphatic hydroxyl groups is 1. The van der Waals surface area contributed by atoms with E-state index in [4.69, 9.17) is 9.47 Å². The standard InChI is InChI=1S/C26H33N3O7/c1-26(2,3)36-25(34)27-15-22(31)28-20(14-18-10-6-4-7-11-18)23(32)29-21(16-30)24(33)35-17-19-12-8-5-9-13-19/h4-13,20-21,30H,14-17H2,1-3H3,(H,27,34)(H,28,31)(H,29,32)/t20-,21-/m0/s1. The monoisotopic (exact) mass is 499 g/mol. The average Bonchev–Trinajstić information content (AvgIpc) is 2.84. The highest BCUT2D eigenvalue weighted by Gasteiger charge is 2.28. The first-order valence-corrected chi connectivity index (χ1v) is 11.5. The van der Waals surface area contributed by atoms with E-state index in [0.29, 0.717) is 0 Å². The molecule has 10 heteroatoms. The maximum atomic E-state index is 13.0. The molecule has 2 rings (SSSR count). The summed E-state index contributed by atoms with van der Waals surface area (Å²) in [6.07, 6.45) is -0.662. The summed E-state index contributed by atoms with van der Waals surface area (Å²) in [5.74, 6) is -2.14. The van der Waals surface area contributed by atoms with Crippen molar-refractivity contribution in [3.63, 3.8) is 0 Å². The van der Waals surface area contributed by atoms with Crippen LogP contribution in [-0.2, 0) is 36.9 Å². The minimum absolute atomic E-state index is 0.0213. The molecule has 0 aliphatic rings. The summed E-state index contributed by atoms with van der Waals surface area (Å²) in [5.41, 5.74) is 0.774. The van der Waals surface area contributed by atoms with Crippen molar-refractivity contribution in [1.29, 1.82) is 0 Å². The molecule has 0 fully saturated rings. The van der Waals surface area contributed by atoms with Crippen molar-refractivity contribution < 1.29 is 33.8 Å². The van der Waals surface area contributed by atoms with Crippen LogP contribution in [0.5, 0.6) is 0 Å². The molecule has 0 spiro atoms. The third-order valence-corrected chi connectivity index (χ3v) is 4.73. The first-order chi connectivity index (χ1) is 17.1. The number of nitrogens with one attached hydrogen (secondary N) is 3. The van der Waals surface area contributed by atoms with E-state index in [1.807, 2.05) is 12.1 Å². The highest BCUT2D eigenvalue weighted by Crippen LogP contribution is 2.07. The van der Waals surface area contributed by atoms with Gasteiger partial charge in [0.25, 0.3) is 0 Å². The highest BCUT2D eigenvalue weighted by atomic mass is 16.6. The molecule has 0 aliphatic heterocycles.